The van der Waals surface area contributed by atoms with E-state index in [1.807, 2.05) is 0 Å². The highest BCUT2D eigenvalue weighted by Crippen LogP contribution is 2.30. The smallest absolute Gasteiger partial charge is 0.392 e. The van der Waals surface area contributed by atoms with Crippen LogP contribution in [0.5, 0.6) is 0 Å². The van der Waals surface area contributed by atoms with Crippen LogP contribution in [0.4, 0.5) is 18.9 Å². The van der Waals surface area contributed by atoms with E-state index in [2.05, 4.69) is 10.3 Å². The maximum absolute atomic E-state index is 12.7. The predicted molar refractivity (Wildman–Crippen MR) is 83.9 cm³/mol. The first-order valence-corrected chi connectivity index (χ1v) is 7.02. The van der Waals surface area contributed by atoms with Gasteiger partial charge in [-0.3, -0.25) is 9.78 Å². The number of hydrogen-bond acceptors (Lipinski definition) is 3. The van der Waals surface area contributed by atoms with E-state index in [0.717, 1.165) is 12.1 Å². The van der Waals surface area contributed by atoms with Crippen LogP contribution in [-0.2, 0) is 17.6 Å². The van der Waals surface area contributed by atoms with Crippen LogP contribution in [0.1, 0.15) is 23.6 Å². The first kappa shape index (κ1) is 17.7. The van der Waals surface area contributed by atoms with Gasteiger partial charge in [0.25, 0.3) is 0 Å². The molecule has 2 rings (SSSR count). The molecule has 1 heterocycles. The SMILES string of the molecule is C/C(=C/C(=O)Nc1cnccc1CO)c1cccc(C(F)(F)F)c1. The normalized spacial score (nSPS) is 12.1. The van der Waals surface area contributed by atoms with E-state index in [0.29, 0.717) is 22.4 Å². The standard InChI is InChI=1S/C17H15F3N2O2/c1-11(12-3-2-4-14(8-12)17(18,19)20)7-16(24)22-15-9-21-6-5-13(15)10-23/h2-9,23H,10H2,1H3,(H,22,24)/b11-7-. The Hall–Kier alpha value is -2.67. The van der Waals surface area contributed by atoms with Crippen molar-refractivity contribution in [1.29, 1.82) is 0 Å². The number of amides is 1. The number of carbonyl (C=O) groups is 1. The number of hydrogen-bond donors (Lipinski definition) is 2. The number of nitrogens with zero attached hydrogens (tertiary/aromatic N) is 1. The summed E-state index contributed by atoms with van der Waals surface area (Å²) in [5.41, 5.74) is 0.742. The number of nitrogens with one attached hydrogen (secondary N) is 1. The maximum Gasteiger partial charge on any atom is 0.416 e. The van der Waals surface area contributed by atoms with Crippen LogP contribution < -0.4 is 5.32 Å². The summed E-state index contributed by atoms with van der Waals surface area (Å²) in [5, 5.41) is 11.7. The highest BCUT2D eigenvalue weighted by atomic mass is 19.4. The number of allylic oxidation sites excluding steroid dienone is 1. The molecule has 7 heteroatoms. The molecule has 0 spiro atoms. The van der Waals surface area contributed by atoms with E-state index >= 15 is 0 Å². The van der Waals surface area contributed by atoms with Gasteiger partial charge in [-0.25, -0.2) is 0 Å². The second-order valence-corrected chi connectivity index (χ2v) is 5.09. The quantitative estimate of drug-likeness (QED) is 0.838. The van der Waals surface area contributed by atoms with Gasteiger partial charge in [-0.15, -0.1) is 0 Å². The number of aromatic nitrogens is 1. The van der Waals surface area contributed by atoms with Crippen LogP contribution >= 0.6 is 0 Å². The van der Waals surface area contributed by atoms with Gasteiger partial charge in [-0.1, -0.05) is 12.1 Å². The van der Waals surface area contributed by atoms with E-state index in [9.17, 15) is 23.1 Å². The van der Waals surface area contributed by atoms with Crippen molar-refractivity contribution in [2.75, 3.05) is 5.32 Å². The molecule has 0 aliphatic carbocycles. The fourth-order valence-corrected chi connectivity index (χ4v) is 2.06. The molecule has 2 aromatic rings. The van der Waals surface area contributed by atoms with Gasteiger partial charge in [0.1, 0.15) is 0 Å². The van der Waals surface area contributed by atoms with E-state index in [-0.39, 0.29) is 6.61 Å². The Labute approximate surface area is 136 Å². The summed E-state index contributed by atoms with van der Waals surface area (Å²) < 4.78 is 38.2. The molecular formula is C17H15F3N2O2. The van der Waals surface area contributed by atoms with E-state index in [1.54, 1.807) is 13.0 Å². The molecule has 0 unspecified atom stereocenters. The van der Waals surface area contributed by atoms with E-state index in [4.69, 9.17) is 0 Å². The highest BCUT2D eigenvalue weighted by Gasteiger charge is 2.30. The molecule has 0 atom stereocenters. The van der Waals surface area contributed by atoms with Gasteiger partial charge < -0.3 is 10.4 Å². The van der Waals surface area contributed by atoms with Crippen LogP contribution in [0.25, 0.3) is 5.57 Å². The van der Waals surface area contributed by atoms with Crippen LogP contribution in [0.2, 0.25) is 0 Å². The predicted octanol–water partition coefficient (Wildman–Crippen LogP) is 3.63. The number of aliphatic hydroxyl groups excluding tert-OH is 1. The molecule has 0 fully saturated rings. The number of rotatable bonds is 4. The molecule has 2 N–H and O–H groups in total. The van der Waals surface area contributed by atoms with E-state index < -0.39 is 17.6 Å². The Bertz CT molecular complexity index is 770. The molecular weight excluding hydrogens is 321 g/mol. The first-order chi connectivity index (χ1) is 11.3. The van der Waals surface area contributed by atoms with Crippen LogP contribution in [-0.4, -0.2) is 16.0 Å². The van der Waals surface area contributed by atoms with Crippen molar-refractivity contribution in [3.8, 4) is 0 Å². The summed E-state index contributed by atoms with van der Waals surface area (Å²) in [6.45, 7) is 1.28. The Morgan fingerprint density at radius 2 is 2.08 bits per heavy atom. The lowest BCUT2D eigenvalue weighted by Gasteiger charge is -2.10. The molecule has 0 aliphatic rings. The van der Waals surface area contributed by atoms with Gasteiger partial charge in [0, 0.05) is 17.8 Å². The van der Waals surface area contributed by atoms with Gasteiger partial charge >= 0.3 is 6.18 Å². The topological polar surface area (TPSA) is 62.2 Å². The summed E-state index contributed by atoms with van der Waals surface area (Å²) in [4.78, 5) is 15.9. The fraction of sp³-hybridized carbons (Fsp3) is 0.176. The highest BCUT2D eigenvalue weighted by molar-refractivity contribution is 6.04. The number of benzene rings is 1. The van der Waals surface area contributed by atoms with Crippen molar-refractivity contribution in [2.45, 2.75) is 19.7 Å². The number of pyridine rings is 1. The molecule has 4 nitrogen and oxygen atoms in total. The Kier molecular flexibility index (Phi) is 5.35. The van der Waals surface area contributed by atoms with Crippen molar-refractivity contribution >= 4 is 17.2 Å². The summed E-state index contributed by atoms with van der Waals surface area (Å²) in [5.74, 6) is -0.521. The molecule has 24 heavy (non-hydrogen) atoms. The molecule has 0 radical (unpaired) electrons. The number of carbonyl (C=O) groups excluding carboxylic acids is 1. The Morgan fingerprint density at radius 1 is 1.33 bits per heavy atom. The van der Waals surface area contributed by atoms with Gasteiger partial charge in [0.05, 0.1) is 24.1 Å². The minimum Gasteiger partial charge on any atom is -0.392 e. The average Bonchev–Trinajstić information content (AvgIpc) is 2.54. The summed E-state index contributed by atoms with van der Waals surface area (Å²) >= 11 is 0. The van der Waals surface area contributed by atoms with Gasteiger partial charge in [-0.2, -0.15) is 13.2 Å². The second-order valence-electron chi connectivity index (χ2n) is 5.09. The minimum atomic E-state index is -4.44. The molecule has 1 amide bonds. The van der Waals surface area contributed by atoms with Crippen molar-refractivity contribution < 1.29 is 23.1 Å². The lowest BCUT2D eigenvalue weighted by molar-refractivity contribution is -0.137. The summed E-state index contributed by atoms with van der Waals surface area (Å²) in [6.07, 6.45) is -0.379. The zero-order valence-corrected chi connectivity index (χ0v) is 12.8. The molecule has 0 aliphatic heterocycles. The molecule has 126 valence electrons. The van der Waals surface area contributed by atoms with Crippen molar-refractivity contribution in [3.63, 3.8) is 0 Å². The average molecular weight is 336 g/mol. The van der Waals surface area contributed by atoms with Gasteiger partial charge in [0.2, 0.25) is 5.91 Å². The number of anilines is 1. The van der Waals surface area contributed by atoms with Crippen molar-refractivity contribution in [2.24, 2.45) is 0 Å². The van der Waals surface area contributed by atoms with Crippen LogP contribution in [0.15, 0.2) is 48.8 Å². The minimum absolute atomic E-state index is 0.269. The fourth-order valence-electron chi connectivity index (χ4n) is 2.06. The maximum atomic E-state index is 12.7. The van der Waals surface area contributed by atoms with Crippen molar-refractivity contribution in [3.05, 3.63) is 65.5 Å². The second kappa shape index (κ2) is 7.27. The zero-order valence-electron chi connectivity index (χ0n) is 12.8. The van der Waals surface area contributed by atoms with E-state index in [1.165, 1.54) is 30.6 Å². The zero-order chi connectivity index (χ0) is 17.7. The molecule has 1 aromatic heterocycles. The third kappa shape index (κ3) is 4.42. The summed E-state index contributed by atoms with van der Waals surface area (Å²) in [6, 6.07) is 6.30. The summed E-state index contributed by atoms with van der Waals surface area (Å²) in [7, 11) is 0. The lowest BCUT2D eigenvalue weighted by Crippen LogP contribution is -2.11. The number of aliphatic hydroxyl groups is 1. The van der Waals surface area contributed by atoms with Crippen molar-refractivity contribution in [1.82, 2.24) is 4.98 Å². The van der Waals surface area contributed by atoms with Gasteiger partial charge in [-0.05, 0) is 36.3 Å². The molecule has 1 aromatic carbocycles. The molecule has 0 saturated heterocycles. The molecule has 0 saturated carbocycles. The number of alkyl halides is 3. The number of halogens is 3. The van der Waals surface area contributed by atoms with Gasteiger partial charge in [0.15, 0.2) is 0 Å². The Balaban J connectivity index is 2.20. The Morgan fingerprint density at radius 3 is 2.75 bits per heavy atom. The monoisotopic (exact) mass is 336 g/mol. The lowest BCUT2D eigenvalue weighted by atomic mass is 10.0. The molecule has 0 bridgehead atoms. The first-order valence-electron chi connectivity index (χ1n) is 7.02. The van der Waals surface area contributed by atoms with Crippen LogP contribution in [0.3, 0.4) is 0 Å². The third-order valence-corrected chi connectivity index (χ3v) is 3.33. The van der Waals surface area contributed by atoms with Crippen LogP contribution in [0, 0.1) is 0 Å². The third-order valence-electron chi connectivity index (χ3n) is 3.33. The largest absolute Gasteiger partial charge is 0.416 e.